The molecule has 2 aromatic rings. The second kappa shape index (κ2) is 5.54. The Morgan fingerprint density at radius 1 is 1.22 bits per heavy atom. The quantitative estimate of drug-likeness (QED) is 0.922. The normalized spacial score (nSPS) is 17.1. The molecule has 0 aromatic heterocycles. The Hall–Kier alpha value is -2.05. The molecule has 120 valence electrons. The van der Waals surface area contributed by atoms with Crippen LogP contribution in [0.1, 0.15) is 17.0 Å². The monoisotopic (exact) mass is 351 g/mol. The number of nitrogens with zero attached hydrogens (tertiary/aromatic N) is 1. The lowest BCUT2D eigenvalue weighted by molar-refractivity contribution is -0.138. The second-order valence-corrected chi connectivity index (χ2v) is 7.59. The van der Waals surface area contributed by atoms with Crippen molar-refractivity contribution in [1.29, 1.82) is 0 Å². The van der Waals surface area contributed by atoms with E-state index in [0.717, 1.165) is 4.31 Å². The smallest absolute Gasteiger partial charge is 0.312 e. The number of fused-ring (bicyclic) bond motifs is 1. The van der Waals surface area contributed by atoms with Gasteiger partial charge in [0.15, 0.2) is 0 Å². The summed E-state index contributed by atoms with van der Waals surface area (Å²) in [6, 6.07) is 11.3. The molecule has 23 heavy (non-hydrogen) atoms. The van der Waals surface area contributed by atoms with Crippen molar-refractivity contribution in [2.75, 3.05) is 10.8 Å². The third kappa shape index (κ3) is 2.48. The zero-order chi connectivity index (χ0) is 16.8. The summed E-state index contributed by atoms with van der Waals surface area (Å²) in [5.74, 6) is -1.92. The Bertz CT molecular complexity index is 895. The van der Waals surface area contributed by atoms with Crippen LogP contribution in [0.5, 0.6) is 0 Å². The highest BCUT2D eigenvalue weighted by atomic mass is 35.5. The molecule has 1 aliphatic rings. The maximum Gasteiger partial charge on any atom is 0.312 e. The molecule has 0 bridgehead atoms. The summed E-state index contributed by atoms with van der Waals surface area (Å²) in [5.41, 5.74) is 1.35. The number of carboxylic acids is 1. The highest BCUT2D eigenvalue weighted by Crippen LogP contribution is 2.40. The van der Waals surface area contributed by atoms with Gasteiger partial charge in [0.1, 0.15) is 5.92 Å². The summed E-state index contributed by atoms with van der Waals surface area (Å²) in [5, 5.41) is 9.73. The minimum absolute atomic E-state index is 0.0887. The first-order valence-electron chi connectivity index (χ1n) is 6.93. The Morgan fingerprint density at radius 2 is 1.91 bits per heavy atom. The van der Waals surface area contributed by atoms with Gasteiger partial charge in [0.2, 0.25) is 0 Å². The predicted octanol–water partition coefficient (Wildman–Crippen LogP) is 3.03. The maximum absolute atomic E-state index is 13.0. The number of halogens is 1. The minimum Gasteiger partial charge on any atom is -0.481 e. The summed E-state index contributed by atoms with van der Waals surface area (Å²) < 4.78 is 27.2. The average Bonchev–Trinajstić information content (AvgIpc) is 2.90. The molecule has 1 heterocycles. The van der Waals surface area contributed by atoms with E-state index in [1.807, 2.05) is 0 Å². The van der Waals surface area contributed by atoms with Crippen LogP contribution in [-0.2, 0) is 14.8 Å². The molecular weight excluding hydrogens is 338 g/mol. The number of rotatable bonds is 3. The van der Waals surface area contributed by atoms with Gasteiger partial charge in [-0.25, -0.2) is 8.42 Å². The Labute approximate surface area is 139 Å². The van der Waals surface area contributed by atoms with E-state index in [-0.39, 0.29) is 11.4 Å². The Balaban J connectivity index is 2.15. The van der Waals surface area contributed by atoms with Crippen LogP contribution in [0.2, 0.25) is 5.02 Å². The lowest BCUT2D eigenvalue weighted by Gasteiger charge is -2.21. The highest BCUT2D eigenvalue weighted by Gasteiger charge is 2.40. The number of hydrogen-bond acceptors (Lipinski definition) is 3. The van der Waals surface area contributed by atoms with Crippen LogP contribution in [0.25, 0.3) is 0 Å². The van der Waals surface area contributed by atoms with Crippen LogP contribution in [0, 0.1) is 6.92 Å². The Kier molecular flexibility index (Phi) is 3.82. The molecule has 0 spiro atoms. The maximum atomic E-state index is 13.0. The zero-order valence-electron chi connectivity index (χ0n) is 12.2. The van der Waals surface area contributed by atoms with Crippen LogP contribution < -0.4 is 4.31 Å². The molecule has 3 rings (SSSR count). The van der Waals surface area contributed by atoms with E-state index in [9.17, 15) is 18.3 Å². The molecule has 0 saturated carbocycles. The van der Waals surface area contributed by atoms with Crippen molar-refractivity contribution in [3.63, 3.8) is 0 Å². The zero-order valence-corrected chi connectivity index (χ0v) is 13.8. The largest absolute Gasteiger partial charge is 0.481 e. The summed E-state index contributed by atoms with van der Waals surface area (Å²) >= 11 is 6.03. The molecule has 0 amide bonds. The van der Waals surface area contributed by atoms with Gasteiger partial charge < -0.3 is 5.11 Å². The van der Waals surface area contributed by atoms with Gasteiger partial charge in [-0.3, -0.25) is 9.10 Å². The van der Waals surface area contributed by atoms with E-state index in [0.29, 0.717) is 21.8 Å². The van der Waals surface area contributed by atoms with Gasteiger partial charge in [-0.05, 0) is 36.2 Å². The van der Waals surface area contributed by atoms with Gasteiger partial charge >= 0.3 is 5.97 Å². The van der Waals surface area contributed by atoms with E-state index in [1.54, 1.807) is 43.3 Å². The molecular formula is C16H14ClNO4S. The third-order valence-electron chi connectivity index (χ3n) is 4.01. The fourth-order valence-electron chi connectivity index (χ4n) is 2.80. The molecule has 0 saturated heterocycles. The summed E-state index contributed by atoms with van der Waals surface area (Å²) in [6.07, 6.45) is 0. The standard InChI is InChI=1S/C16H14ClNO4S/c1-10-13(17)6-4-8-15(10)23(21,22)18-9-12(16(19)20)11-5-2-3-7-14(11)18/h2-8,12H,9H2,1H3,(H,19,20). The van der Waals surface area contributed by atoms with Crippen molar-refractivity contribution in [3.8, 4) is 0 Å². The average molecular weight is 352 g/mol. The van der Waals surface area contributed by atoms with Crippen molar-refractivity contribution in [2.24, 2.45) is 0 Å². The number of aliphatic carboxylic acids is 1. The number of benzene rings is 2. The van der Waals surface area contributed by atoms with E-state index >= 15 is 0 Å². The summed E-state index contributed by atoms with van der Waals surface area (Å²) in [6.45, 7) is 1.51. The van der Waals surface area contributed by atoms with Gasteiger partial charge in [-0.2, -0.15) is 0 Å². The van der Waals surface area contributed by atoms with Crippen molar-refractivity contribution in [3.05, 3.63) is 58.6 Å². The Morgan fingerprint density at radius 3 is 2.61 bits per heavy atom. The van der Waals surface area contributed by atoms with E-state index in [4.69, 9.17) is 11.6 Å². The second-order valence-electron chi connectivity index (χ2n) is 5.35. The lowest BCUT2D eigenvalue weighted by Crippen LogP contribution is -2.31. The summed E-state index contributed by atoms with van der Waals surface area (Å²) in [7, 11) is -3.89. The summed E-state index contributed by atoms with van der Waals surface area (Å²) in [4.78, 5) is 11.5. The van der Waals surface area contributed by atoms with Gasteiger partial charge in [-0.15, -0.1) is 0 Å². The van der Waals surface area contributed by atoms with Crippen LogP contribution in [-0.4, -0.2) is 26.0 Å². The molecule has 5 nitrogen and oxygen atoms in total. The van der Waals surface area contributed by atoms with E-state index in [2.05, 4.69) is 0 Å². The van der Waals surface area contributed by atoms with Gasteiger partial charge in [0, 0.05) is 5.02 Å². The molecule has 1 atom stereocenters. The molecule has 0 radical (unpaired) electrons. The first-order chi connectivity index (χ1) is 10.8. The van der Waals surface area contributed by atoms with Crippen molar-refractivity contribution >= 4 is 33.3 Å². The van der Waals surface area contributed by atoms with E-state index in [1.165, 1.54) is 6.07 Å². The number of anilines is 1. The predicted molar refractivity (Wildman–Crippen MR) is 87.5 cm³/mol. The molecule has 7 heteroatoms. The molecule has 0 fully saturated rings. The van der Waals surface area contributed by atoms with Crippen molar-refractivity contribution < 1.29 is 18.3 Å². The van der Waals surface area contributed by atoms with Crippen molar-refractivity contribution in [1.82, 2.24) is 0 Å². The highest BCUT2D eigenvalue weighted by molar-refractivity contribution is 7.93. The SMILES string of the molecule is Cc1c(Cl)cccc1S(=O)(=O)N1CC(C(=O)O)c2ccccc21. The number of hydrogen-bond donors (Lipinski definition) is 1. The first kappa shape index (κ1) is 15.8. The molecule has 2 aromatic carbocycles. The molecule has 1 unspecified atom stereocenters. The first-order valence-corrected chi connectivity index (χ1v) is 8.75. The number of carboxylic acid groups (broad SMARTS) is 1. The third-order valence-corrected chi connectivity index (χ3v) is 6.35. The number of para-hydroxylation sites is 1. The van der Waals surface area contributed by atoms with Crippen LogP contribution in [0.3, 0.4) is 0 Å². The van der Waals surface area contributed by atoms with Gasteiger partial charge in [-0.1, -0.05) is 35.9 Å². The van der Waals surface area contributed by atoms with Crippen LogP contribution in [0.15, 0.2) is 47.4 Å². The topological polar surface area (TPSA) is 74.7 Å². The van der Waals surface area contributed by atoms with Crippen molar-refractivity contribution in [2.45, 2.75) is 17.7 Å². The molecule has 1 aliphatic heterocycles. The van der Waals surface area contributed by atoms with Crippen LogP contribution in [0.4, 0.5) is 5.69 Å². The van der Waals surface area contributed by atoms with E-state index < -0.39 is 21.9 Å². The van der Waals surface area contributed by atoms with Gasteiger partial charge in [0.05, 0.1) is 17.1 Å². The fraction of sp³-hybridized carbons (Fsp3) is 0.188. The lowest BCUT2D eigenvalue weighted by atomic mass is 10.0. The molecule has 1 N–H and O–H groups in total. The minimum atomic E-state index is -3.89. The number of carbonyl (C=O) groups is 1. The van der Waals surface area contributed by atoms with Crippen LogP contribution >= 0.6 is 11.6 Å². The fourth-order valence-corrected chi connectivity index (χ4v) is 4.78. The van der Waals surface area contributed by atoms with Gasteiger partial charge in [0.25, 0.3) is 10.0 Å². The molecule has 0 aliphatic carbocycles. The number of sulfonamides is 1.